The smallest absolute Gasteiger partial charge is 0.416 e. The Morgan fingerprint density at radius 2 is 1.79 bits per heavy atom. The number of amides is 1. The molecule has 0 aliphatic carbocycles. The molecule has 210 valence electrons. The van der Waals surface area contributed by atoms with Gasteiger partial charge in [-0.25, -0.2) is 0 Å². The molecule has 7 nitrogen and oxygen atoms in total. The van der Waals surface area contributed by atoms with Gasteiger partial charge in [0.25, 0.3) is 0 Å². The maximum atomic E-state index is 14.0. The molecule has 5 rings (SSSR count). The van der Waals surface area contributed by atoms with Crippen LogP contribution in [0.3, 0.4) is 0 Å². The molecule has 3 aliphatic rings. The van der Waals surface area contributed by atoms with Crippen LogP contribution in [0.4, 0.5) is 24.5 Å². The van der Waals surface area contributed by atoms with Gasteiger partial charge < -0.3 is 24.2 Å². The van der Waals surface area contributed by atoms with Crippen molar-refractivity contribution in [2.45, 2.75) is 38.4 Å². The first-order chi connectivity index (χ1) is 18.7. The number of hydrogen-bond donors (Lipinski definition) is 0. The number of hydrogen-bond acceptors (Lipinski definition) is 6. The van der Waals surface area contributed by atoms with Crippen LogP contribution >= 0.6 is 0 Å². The van der Waals surface area contributed by atoms with Crippen molar-refractivity contribution in [2.75, 3.05) is 56.2 Å². The lowest BCUT2D eigenvalue weighted by Crippen LogP contribution is -2.62. The fourth-order valence-electron chi connectivity index (χ4n) is 6.16. The summed E-state index contributed by atoms with van der Waals surface area (Å²) in [4.78, 5) is 32.3. The van der Waals surface area contributed by atoms with Crippen LogP contribution in [0, 0.1) is 11.8 Å². The maximum Gasteiger partial charge on any atom is 0.416 e. The summed E-state index contributed by atoms with van der Waals surface area (Å²) >= 11 is 0. The summed E-state index contributed by atoms with van der Waals surface area (Å²) < 4.78 is 51.2. The average Bonchev–Trinajstić information content (AvgIpc) is 2.95. The first-order valence-electron chi connectivity index (χ1n) is 13.5. The topological polar surface area (TPSA) is 62.3 Å². The molecule has 0 saturated carbocycles. The highest BCUT2D eigenvalue weighted by atomic mass is 19.4. The molecule has 3 aliphatic heterocycles. The van der Waals surface area contributed by atoms with Gasteiger partial charge in [-0.15, -0.1) is 0 Å². The van der Waals surface area contributed by atoms with E-state index in [-0.39, 0.29) is 30.3 Å². The van der Waals surface area contributed by atoms with Gasteiger partial charge in [0.2, 0.25) is 5.91 Å². The Hall–Kier alpha value is -3.43. The third-order valence-corrected chi connectivity index (χ3v) is 8.20. The molecule has 0 spiro atoms. The van der Waals surface area contributed by atoms with Crippen LogP contribution in [0.5, 0.6) is 5.75 Å². The second kappa shape index (κ2) is 11.0. The van der Waals surface area contributed by atoms with Crippen LogP contribution in [0.1, 0.15) is 30.9 Å². The number of ether oxygens (including phenoxy) is 2. The van der Waals surface area contributed by atoms with Crippen molar-refractivity contribution in [3.8, 4) is 5.75 Å². The molecule has 0 radical (unpaired) electrons. The predicted octanol–water partition coefficient (Wildman–Crippen LogP) is 4.38. The van der Waals surface area contributed by atoms with E-state index in [1.165, 1.54) is 6.07 Å². The number of methoxy groups -OCH3 is 1. The molecular formula is C29H34F3N3O4. The monoisotopic (exact) mass is 545 g/mol. The van der Waals surface area contributed by atoms with Crippen LogP contribution < -0.4 is 14.5 Å². The minimum Gasteiger partial charge on any atom is -0.497 e. The number of fused-ring (bicyclic) bond motifs is 3. The number of alkyl halides is 3. The van der Waals surface area contributed by atoms with Gasteiger partial charge in [0, 0.05) is 50.2 Å². The van der Waals surface area contributed by atoms with Crippen molar-refractivity contribution >= 4 is 23.3 Å². The Morgan fingerprint density at radius 1 is 1.03 bits per heavy atom. The maximum absolute atomic E-state index is 14.0. The fourth-order valence-corrected chi connectivity index (χ4v) is 6.16. The second-order valence-electron chi connectivity index (χ2n) is 10.4. The number of benzene rings is 2. The summed E-state index contributed by atoms with van der Waals surface area (Å²) in [5, 5.41) is 0. The number of carbonyl (C=O) groups excluding carboxylic acids is 2. The van der Waals surface area contributed by atoms with E-state index in [0.717, 1.165) is 23.2 Å². The van der Waals surface area contributed by atoms with Crippen molar-refractivity contribution in [1.29, 1.82) is 0 Å². The Kier molecular flexibility index (Phi) is 7.64. The van der Waals surface area contributed by atoms with Gasteiger partial charge in [-0.05, 0) is 62.1 Å². The Labute approximate surface area is 226 Å². The number of piperazine rings is 1. The highest BCUT2D eigenvalue weighted by Crippen LogP contribution is 2.41. The highest BCUT2D eigenvalue weighted by Gasteiger charge is 2.44. The fraction of sp³-hybridized carbons (Fsp3) is 0.517. The summed E-state index contributed by atoms with van der Waals surface area (Å²) in [7, 11) is 1.62. The first-order valence-corrected chi connectivity index (χ1v) is 13.5. The number of likely N-dealkylation sites (tertiary alicyclic amines) is 1. The lowest BCUT2D eigenvalue weighted by Gasteiger charge is -2.50. The molecule has 2 fully saturated rings. The standard InChI is InChI=1S/C29H34F3N3O4/c1-3-39-28(37)19-9-11-33(12-10-19)27(36)24-16-20-15-21(29(30,31)32)7-8-25(20)35-14-13-34(18-26(24)35)22-5-4-6-23(17-22)38-2/h4-8,15,17,19,24,26H,3,9-14,16,18H2,1-2H3. The average molecular weight is 546 g/mol. The molecule has 2 aromatic carbocycles. The molecule has 2 unspecified atom stereocenters. The molecular weight excluding hydrogens is 511 g/mol. The molecule has 2 aromatic rings. The van der Waals surface area contributed by atoms with Gasteiger partial charge >= 0.3 is 12.1 Å². The zero-order chi connectivity index (χ0) is 27.7. The minimum absolute atomic E-state index is 0.0668. The third kappa shape index (κ3) is 5.51. The molecule has 0 N–H and O–H groups in total. The van der Waals surface area contributed by atoms with Gasteiger partial charge in [0.15, 0.2) is 0 Å². The molecule has 10 heteroatoms. The third-order valence-electron chi connectivity index (χ3n) is 8.20. The largest absolute Gasteiger partial charge is 0.497 e. The lowest BCUT2D eigenvalue weighted by molar-refractivity contribution is -0.152. The van der Waals surface area contributed by atoms with E-state index in [1.54, 1.807) is 25.0 Å². The van der Waals surface area contributed by atoms with Gasteiger partial charge in [-0.1, -0.05) is 6.07 Å². The van der Waals surface area contributed by atoms with Crippen LogP contribution in [0.25, 0.3) is 0 Å². The Balaban J connectivity index is 1.42. The van der Waals surface area contributed by atoms with Crippen LogP contribution in [0.2, 0.25) is 0 Å². The van der Waals surface area contributed by atoms with Crippen LogP contribution in [-0.4, -0.2) is 69.3 Å². The highest BCUT2D eigenvalue weighted by molar-refractivity contribution is 5.83. The van der Waals surface area contributed by atoms with Gasteiger partial charge in [0.05, 0.1) is 37.2 Å². The lowest BCUT2D eigenvalue weighted by atomic mass is 9.81. The van der Waals surface area contributed by atoms with Gasteiger partial charge in [-0.3, -0.25) is 9.59 Å². The Bertz CT molecular complexity index is 1210. The summed E-state index contributed by atoms with van der Waals surface area (Å²) in [5.41, 5.74) is 1.60. The molecule has 2 saturated heterocycles. The zero-order valence-corrected chi connectivity index (χ0v) is 22.2. The summed E-state index contributed by atoms with van der Waals surface area (Å²) in [6, 6.07) is 11.4. The van der Waals surface area contributed by atoms with E-state index in [2.05, 4.69) is 9.80 Å². The molecule has 3 heterocycles. The van der Waals surface area contributed by atoms with E-state index in [0.29, 0.717) is 57.7 Å². The molecule has 0 bridgehead atoms. The van der Waals surface area contributed by atoms with Gasteiger partial charge in [0.1, 0.15) is 5.75 Å². The van der Waals surface area contributed by atoms with Crippen molar-refractivity contribution < 1.29 is 32.2 Å². The van der Waals surface area contributed by atoms with Crippen molar-refractivity contribution in [3.63, 3.8) is 0 Å². The van der Waals surface area contributed by atoms with E-state index in [9.17, 15) is 22.8 Å². The van der Waals surface area contributed by atoms with E-state index in [4.69, 9.17) is 9.47 Å². The second-order valence-corrected chi connectivity index (χ2v) is 10.4. The summed E-state index contributed by atoms with van der Waals surface area (Å²) in [6.45, 7) is 4.75. The van der Waals surface area contributed by atoms with E-state index < -0.39 is 17.7 Å². The summed E-state index contributed by atoms with van der Waals surface area (Å²) in [6.07, 6.45) is -3.17. The molecule has 0 aromatic heterocycles. The SMILES string of the molecule is CCOC(=O)C1CCN(C(=O)C2Cc3cc(C(F)(F)F)ccc3N3CCN(c4cccc(OC)c4)CC23)CC1. The Morgan fingerprint density at radius 3 is 2.49 bits per heavy atom. The molecule has 1 amide bonds. The minimum atomic E-state index is -4.45. The van der Waals surface area contributed by atoms with Crippen LogP contribution in [-0.2, 0) is 26.9 Å². The number of carbonyl (C=O) groups is 2. The number of piperidine rings is 1. The van der Waals surface area contributed by atoms with Crippen molar-refractivity contribution in [2.24, 2.45) is 11.8 Å². The number of nitrogens with zero attached hydrogens (tertiary/aromatic N) is 3. The first kappa shape index (κ1) is 27.1. The molecule has 39 heavy (non-hydrogen) atoms. The number of rotatable bonds is 5. The van der Waals surface area contributed by atoms with E-state index in [1.807, 2.05) is 24.3 Å². The normalized spacial score (nSPS) is 21.7. The molecule has 2 atom stereocenters. The van der Waals surface area contributed by atoms with E-state index >= 15 is 0 Å². The zero-order valence-electron chi connectivity index (χ0n) is 22.2. The number of anilines is 2. The van der Waals surface area contributed by atoms with Gasteiger partial charge in [-0.2, -0.15) is 13.2 Å². The number of halogens is 3. The summed E-state index contributed by atoms with van der Waals surface area (Å²) in [5.74, 6) is -0.300. The quantitative estimate of drug-likeness (QED) is 0.520. The predicted molar refractivity (Wildman–Crippen MR) is 141 cm³/mol. The van der Waals surface area contributed by atoms with Crippen LogP contribution in [0.15, 0.2) is 42.5 Å². The van der Waals surface area contributed by atoms with Crippen molar-refractivity contribution in [1.82, 2.24) is 4.90 Å². The number of esters is 1. The van der Waals surface area contributed by atoms with Crippen molar-refractivity contribution in [3.05, 3.63) is 53.6 Å².